The molecule has 0 aliphatic rings. The Labute approximate surface area is 168 Å². The van der Waals surface area contributed by atoms with Crippen molar-refractivity contribution in [1.29, 1.82) is 0 Å². The largest absolute Gasteiger partial charge is 0.478 e. The van der Waals surface area contributed by atoms with Gasteiger partial charge in [0.25, 0.3) is 0 Å². The van der Waals surface area contributed by atoms with Crippen LogP contribution in [0.2, 0.25) is 0 Å². The number of hydrogen-bond acceptors (Lipinski definition) is 3. The third kappa shape index (κ3) is 5.83. The number of carboxylic acid groups (broad SMARTS) is 1. The number of hydrogen-bond donors (Lipinski definition) is 2. The molecule has 2 aromatic carbocycles. The van der Waals surface area contributed by atoms with Gasteiger partial charge in [-0.2, -0.15) is 13.2 Å². The zero-order chi connectivity index (χ0) is 21.1. The fourth-order valence-electron chi connectivity index (χ4n) is 2.18. The van der Waals surface area contributed by atoms with E-state index in [1.54, 1.807) is 39.0 Å². The van der Waals surface area contributed by atoms with Gasteiger partial charge in [-0.15, -0.1) is 0 Å². The lowest BCUT2D eigenvalue weighted by Crippen LogP contribution is -2.33. The smallest absolute Gasteiger partial charge is 0.416 e. The molecule has 9 heteroatoms. The summed E-state index contributed by atoms with van der Waals surface area (Å²) >= 11 is 0.939. The molecule has 4 nitrogen and oxygen atoms in total. The number of carboxylic acids is 1. The fraction of sp³-hybridized carbons (Fsp3) is 0.316. The maximum Gasteiger partial charge on any atom is 0.416 e. The van der Waals surface area contributed by atoms with Crippen LogP contribution in [0.3, 0.4) is 0 Å². The van der Waals surface area contributed by atoms with Gasteiger partial charge in [-0.1, -0.05) is 30.0 Å². The van der Waals surface area contributed by atoms with E-state index >= 15 is 0 Å². The van der Waals surface area contributed by atoms with Gasteiger partial charge in [0.05, 0.1) is 26.9 Å². The average Bonchev–Trinajstić information content (AvgIpc) is 2.58. The highest BCUT2D eigenvalue weighted by atomic mass is 32.2. The van der Waals surface area contributed by atoms with Crippen LogP contribution in [0.4, 0.5) is 13.2 Å². The maximum absolute atomic E-state index is 13.1. The summed E-state index contributed by atoms with van der Waals surface area (Å²) in [4.78, 5) is 12.0. The highest BCUT2D eigenvalue weighted by molar-refractivity contribution is 7.99. The Morgan fingerprint density at radius 1 is 1.11 bits per heavy atom. The fourth-order valence-corrected chi connectivity index (χ4v) is 4.01. The van der Waals surface area contributed by atoms with Gasteiger partial charge in [-0.3, -0.25) is 0 Å². The molecular formula is C19H20F3NO3S2. The van der Waals surface area contributed by atoms with Crippen LogP contribution in [0.5, 0.6) is 0 Å². The molecule has 0 aliphatic carbocycles. The Hall–Kier alpha value is -1.84. The van der Waals surface area contributed by atoms with Gasteiger partial charge in [0.2, 0.25) is 0 Å². The van der Waals surface area contributed by atoms with Crippen molar-refractivity contribution in [2.24, 2.45) is 0 Å². The third-order valence-electron chi connectivity index (χ3n) is 3.68. The normalized spacial score (nSPS) is 13.4. The first-order valence-electron chi connectivity index (χ1n) is 8.25. The Morgan fingerprint density at radius 3 is 2.32 bits per heavy atom. The number of aromatic carboxylic acids is 1. The first kappa shape index (κ1) is 22.4. The minimum absolute atomic E-state index is 0.00193. The van der Waals surface area contributed by atoms with Crippen LogP contribution in [0, 0.1) is 0 Å². The average molecular weight is 432 g/mol. The summed E-state index contributed by atoms with van der Waals surface area (Å²) in [5, 5.41) is 9.32. The second-order valence-electron chi connectivity index (χ2n) is 6.93. The van der Waals surface area contributed by atoms with E-state index < -0.39 is 33.4 Å². The van der Waals surface area contributed by atoms with E-state index in [1.165, 1.54) is 12.1 Å². The lowest BCUT2D eigenvalue weighted by Gasteiger charge is -2.19. The quantitative estimate of drug-likeness (QED) is 0.667. The summed E-state index contributed by atoms with van der Waals surface area (Å²) in [6.45, 7) is 5.42. The number of rotatable bonds is 6. The maximum atomic E-state index is 13.1. The van der Waals surface area contributed by atoms with Gasteiger partial charge in [-0.05, 0) is 50.6 Å². The molecule has 152 valence electrons. The van der Waals surface area contributed by atoms with E-state index in [0.717, 1.165) is 23.9 Å². The van der Waals surface area contributed by atoms with Gasteiger partial charge in [-0.25, -0.2) is 13.7 Å². The Bertz CT molecular complexity index is 893. The van der Waals surface area contributed by atoms with E-state index in [0.29, 0.717) is 10.5 Å². The van der Waals surface area contributed by atoms with Crippen molar-refractivity contribution in [2.75, 3.05) is 0 Å². The molecule has 0 amide bonds. The van der Waals surface area contributed by atoms with Crippen LogP contribution in [0.25, 0.3) is 0 Å². The van der Waals surface area contributed by atoms with Crippen LogP contribution < -0.4 is 4.72 Å². The van der Waals surface area contributed by atoms with Crippen LogP contribution in [0.15, 0.2) is 52.3 Å². The van der Waals surface area contributed by atoms with Crippen LogP contribution in [0.1, 0.15) is 42.3 Å². The van der Waals surface area contributed by atoms with E-state index in [1.807, 2.05) is 0 Å². The van der Waals surface area contributed by atoms with Crippen LogP contribution in [-0.2, 0) is 23.7 Å². The van der Waals surface area contributed by atoms with Crippen LogP contribution >= 0.6 is 11.8 Å². The number of benzene rings is 2. The molecule has 0 radical (unpaired) electrons. The van der Waals surface area contributed by atoms with Crippen LogP contribution in [-0.4, -0.2) is 20.0 Å². The molecule has 2 aromatic rings. The lowest BCUT2D eigenvalue weighted by molar-refractivity contribution is -0.137. The molecule has 28 heavy (non-hydrogen) atoms. The van der Waals surface area contributed by atoms with Gasteiger partial charge >= 0.3 is 12.1 Å². The molecule has 1 atom stereocenters. The Kier molecular flexibility index (Phi) is 6.95. The van der Waals surface area contributed by atoms with E-state index in [2.05, 4.69) is 4.72 Å². The lowest BCUT2D eigenvalue weighted by atomic mass is 10.1. The van der Waals surface area contributed by atoms with Gasteiger partial charge in [0, 0.05) is 16.3 Å². The minimum atomic E-state index is -4.53. The summed E-state index contributed by atoms with van der Waals surface area (Å²) in [5.74, 6) is -1.16. The monoisotopic (exact) mass is 431 g/mol. The van der Waals surface area contributed by atoms with Gasteiger partial charge in [0.15, 0.2) is 0 Å². The van der Waals surface area contributed by atoms with Gasteiger partial charge in [0.1, 0.15) is 0 Å². The van der Waals surface area contributed by atoms with Crippen molar-refractivity contribution in [2.45, 2.75) is 48.0 Å². The highest BCUT2D eigenvalue weighted by Gasteiger charge is 2.31. The van der Waals surface area contributed by atoms with Crippen molar-refractivity contribution in [3.05, 3.63) is 59.2 Å². The highest BCUT2D eigenvalue weighted by Crippen LogP contribution is 2.37. The number of halogens is 3. The van der Waals surface area contributed by atoms with E-state index in [-0.39, 0.29) is 17.0 Å². The predicted octanol–water partition coefficient (Wildman–Crippen LogP) is 5.11. The van der Waals surface area contributed by atoms with Crippen molar-refractivity contribution < 1.29 is 27.3 Å². The number of alkyl halides is 3. The first-order valence-corrected chi connectivity index (χ1v) is 10.2. The third-order valence-corrected chi connectivity index (χ3v) is 6.38. The first-order chi connectivity index (χ1) is 12.9. The Balaban J connectivity index is 2.41. The van der Waals surface area contributed by atoms with Crippen molar-refractivity contribution in [3.8, 4) is 0 Å². The van der Waals surface area contributed by atoms with Crippen molar-refractivity contribution in [1.82, 2.24) is 4.72 Å². The summed E-state index contributed by atoms with van der Waals surface area (Å²) in [6, 6.07) is 9.37. The minimum Gasteiger partial charge on any atom is -0.478 e. The van der Waals surface area contributed by atoms with Crippen molar-refractivity contribution >= 4 is 28.7 Å². The molecule has 2 N–H and O–H groups in total. The molecule has 0 spiro atoms. The topological polar surface area (TPSA) is 66.4 Å². The van der Waals surface area contributed by atoms with Gasteiger partial charge < -0.3 is 5.11 Å². The molecule has 0 saturated heterocycles. The molecular weight excluding hydrogens is 411 g/mol. The summed E-state index contributed by atoms with van der Waals surface area (Å²) in [6.07, 6.45) is -4.53. The SMILES string of the molecule is CC(C)(C)S(=O)NCc1ccc(C(F)(F)F)cc1Sc1ccccc1C(=O)O. The molecule has 0 bridgehead atoms. The zero-order valence-corrected chi connectivity index (χ0v) is 17.1. The predicted molar refractivity (Wildman–Crippen MR) is 104 cm³/mol. The summed E-state index contributed by atoms with van der Waals surface area (Å²) in [7, 11) is -1.40. The molecule has 0 saturated carbocycles. The molecule has 0 heterocycles. The molecule has 0 fully saturated rings. The molecule has 2 rings (SSSR count). The van der Waals surface area contributed by atoms with Crippen molar-refractivity contribution in [3.63, 3.8) is 0 Å². The molecule has 0 aromatic heterocycles. The molecule has 1 unspecified atom stereocenters. The second-order valence-corrected chi connectivity index (χ2v) is 10.1. The Morgan fingerprint density at radius 2 is 1.75 bits per heavy atom. The molecule has 0 aliphatic heterocycles. The summed E-state index contributed by atoms with van der Waals surface area (Å²) in [5.41, 5.74) is -0.332. The number of nitrogens with one attached hydrogen (secondary N) is 1. The number of carbonyl (C=O) groups is 1. The zero-order valence-electron chi connectivity index (χ0n) is 15.5. The summed E-state index contributed by atoms with van der Waals surface area (Å²) < 4.78 is 53.9. The second kappa shape index (κ2) is 8.67. The standard InChI is InChI=1S/C19H20F3NO3S2/c1-18(2,3)28(26)23-11-12-8-9-13(19(20,21)22)10-16(12)27-15-7-5-4-6-14(15)17(24)25/h4-10,23H,11H2,1-3H3,(H,24,25). The van der Waals surface area contributed by atoms with E-state index in [4.69, 9.17) is 0 Å². The van der Waals surface area contributed by atoms with E-state index in [9.17, 15) is 27.3 Å².